The minimum atomic E-state index is -1.46. The van der Waals surface area contributed by atoms with Crippen LogP contribution in [0.5, 0.6) is 5.75 Å². The minimum absolute atomic E-state index is 0.472. The molecular weight excluding hydrogens is 370 g/mol. The van der Waals surface area contributed by atoms with Crippen molar-refractivity contribution in [1.29, 1.82) is 0 Å². The Bertz CT molecular complexity index is 703. The molecule has 2 heterocycles. The Morgan fingerprint density at radius 3 is 2.65 bits per heavy atom. The fraction of sp³-hybridized carbons (Fsp3) is 0.467. The number of aliphatic hydroxyl groups excluding tert-OH is 4. The largest absolute Gasteiger partial charge is 0.460 e. The summed E-state index contributed by atoms with van der Waals surface area (Å²) in [5.41, 5.74) is 0.916. The van der Waals surface area contributed by atoms with E-state index in [0.29, 0.717) is 5.75 Å². The van der Waals surface area contributed by atoms with Crippen molar-refractivity contribution >= 4 is 26.8 Å². The van der Waals surface area contributed by atoms with Crippen molar-refractivity contribution in [2.24, 2.45) is 7.05 Å². The molecule has 1 aliphatic heterocycles. The molecule has 1 aromatic heterocycles. The molecular formula is C15H18BrNO6. The van der Waals surface area contributed by atoms with Crippen molar-refractivity contribution in [2.75, 3.05) is 6.61 Å². The first-order valence-electron chi connectivity index (χ1n) is 7.14. The van der Waals surface area contributed by atoms with Crippen molar-refractivity contribution in [3.63, 3.8) is 0 Å². The molecule has 23 heavy (non-hydrogen) atoms. The van der Waals surface area contributed by atoms with Gasteiger partial charge in [0.05, 0.1) is 12.1 Å². The summed E-state index contributed by atoms with van der Waals surface area (Å²) >= 11 is 3.41. The van der Waals surface area contributed by atoms with E-state index in [1.807, 2.05) is 29.8 Å². The van der Waals surface area contributed by atoms with Crippen LogP contribution in [-0.2, 0) is 11.8 Å². The standard InChI is InChI=1S/C15H18BrNO6/c1-17-5-10(8-3-2-7(16)4-9(8)17)22-15-14(21)13(20)12(19)11(6-18)23-15/h2-5,11-15,18-21H,6H2,1H3/t11-,12+,13+,14-,15-/m1/s1. The van der Waals surface area contributed by atoms with Gasteiger partial charge in [-0.2, -0.15) is 0 Å². The van der Waals surface area contributed by atoms with Gasteiger partial charge in [0.25, 0.3) is 0 Å². The Kier molecular flexibility index (Phi) is 4.63. The number of nitrogens with zero attached hydrogens (tertiary/aromatic N) is 1. The predicted octanol–water partition coefficient (Wildman–Crippen LogP) is 0.120. The van der Waals surface area contributed by atoms with Crippen LogP contribution in [0.1, 0.15) is 0 Å². The number of aryl methyl sites for hydroxylation is 1. The first kappa shape index (κ1) is 16.7. The molecule has 0 spiro atoms. The topological polar surface area (TPSA) is 104 Å². The van der Waals surface area contributed by atoms with E-state index in [9.17, 15) is 20.4 Å². The molecule has 0 amide bonds. The Morgan fingerprint density at radius 2 is 1.96 bits per heavy atom. The highest BCUT2D eigenvalue weighted by molar-refractivity contribution is 9.10. The second-order valence-corrected chi connectivity index (χ2v) is 6.50. The molecule has 0 saturated carbocycles. The van der Waals surface area contributed by atoms with E-state index in [4.69, 9.17) is 9.47 Å². The summed E-state index contributed by atoms with van der Waals surface area (Å²) in [5, 5.41) is 39.7. The van der Waals surface area contributed by atoms with Crippen LogP contribution >= 0.6 is 15.9 Å². The van der Waals surface area contributed by atoms with Gasteiger partial charge in [-0.25, -0.2) is 0 Å². The lowest BCUT2D eigenvalue weighted by Gasteiger charge is -2.39. The van der Waals surface area contributed by atoms with E-state index < -0.39 is 37.3 Å². The van der Waals surface area contributed by atoms with Crippen LogP contribution in [0, 0.1) is 0 Å². The lowest BCUT2D eigenvalue weighted by molar-refractivity contribution is -0.277. The molecule has 0 radical (unpaired) electrons. The maximum Gasteiger partial charge on any atom is 0.229 e. The van der Waals surface area contributed by atoms with E-state index in [-0.39, 0.29) is 0 Å². The molecule has 2 aromatic rings. The number of hydrogen-bond acceptors (Lipinski definition) is 6. The van der Waals surface area contributed by atoms with Gasteiger partial charge in [-0.1, -0.05) is 15.9 Å². The van der Waals surface area contributed by atoms with Crippen molar-refractivity contribution in [3.8, 4) is 5.75 Å². The van der Waals surface area contributed by atoms with Crippen molar-refractivity contribution < 1.29 is 29.9 Å². The Hall–Kier alpha value is -1.16. The van der Waals surface area contributed by atoms with Gasteiger partial charge in [0, 0.05) is 23.1 Å². The van der Waals surface area contributed by atoms with Crippen molar-refractivity contribution in [1.82, 2.24) is 4.57 Å². The molecule has 5 atom stereocenters. The minimum Gasteiger partial charge on any atom is -0.460 e. The predicted molar refractivity (Wildman–Crippen MR) is 85.0 cm³/mol. The monoisotopic (exact) mass is 387 g/mol. The lowest BCUT2D eigenvalue weighted by atomic mass is 9.99. The Labute approximate surface area is 140 Å². The molecule has 126 valence electrons. The van der Waals surface area contributed by atoms with E-state index in [2.05, 4.69) is 15.9 Å². The normalized spacial score (nSPS) is 31.5. The average Bonchev–Trinajstić information content (AvgIpc) is 2.83. The molecule has 0 bridgehead atoms. The smallest absolute Gasteiger partial charge is 0.229 e. The van der Waals surface area contributed by atoms with E-state index in [0.717, 1.165) is 15.4 Å². The van der Waals surface area contributed by atoms with Crippen LogP contribution in [0.25, 0.3) is 10.9 Å². The Balaban J connectivity index is 1.89. The Morgan fingerprint density at radius 1 is 1.22 bits per heavy atom. The number of fused-ring (bicyclic) bond motifs is 1. The van der Waals surface area contributed by atoms with Gasteiger partial charge < -0.3 is 34.5 Å². The zero-order chi connectivity index (χ0) is 16.7. The maximum absolute atomic E-state index is 10.0. The fourth-order valence-electron chi connectivity index (χ4n) is 2.70. The third kappa shape index (κ3) is 2.98. The first-order chi connectivity index (χ1) is 10.9. The number of benzene rings is 1. The summed E-state index contributed by atoms with van der Waals surface area (Å²) in [6.07, 6.45) is -4.76. The van der Waals surface area contributed by atoms with Crippen LogP contribution in [0.2, 0.25) is 0 Å². The number of hydrogen-bond donors (Lipinski definition) is 4. The molecule has 7 nitrogen and oxygen atoms in total. The van der Waals surface area contributed by atoms with Gasteiger partial charge in [-0.3, -0.25) is 0 Å². The van der Waals surface area contributed by atoms with Crippen molar-refractivity contribution in [2.45, 2.75) is 30.7 Å². The van der Waals surface area contributed by atoms with Crippen LogP contribution < -0.4 is 4.74 Å². The van der Waals surface area contributed by atoms with Gasteiger partial charge in [0.1, 0.15) is 30.2 Å². The second kappa shape index (κ2) is 6.39. The quantitative estimate of drug-likeness (QED) is 0.596. The third-order valence-corrected chi connectivity index (χ3v) is 4.50. The second-order valence-electron chi connectivity index (χ2n) is 5.58. The van der Waals surface area contributed by atoms with Crippen LogP contribution in [0.4, 0.5) is 0 Å². The van der Waals surface area contributed by atoms with Crippen LogP contribution in [0.15, 0.2) is 28.9 Å². The maximum atomic E-state index is 10.0. The number of aromatic nitrogens is 1. The highest BCUT2D eigenvalue weighted by Crippen LogP contribution is 2.32. The number of aliphatic hydroxyl groups is 4. The summed E-state index contributed by atoms with van der Waals surface area (Å²) in [5.74, 6) is 0.472. The lowest BCUT2D eigenvalue weighted by Crippen LogP contribution is -2.60. The van der Waals surface area contributed by atoms with Crippen LogP contribution in [0.3, 0.4) is 0 Å². The molecule has 1 saturated heterocycles. The molecule has 3 rings (SSSR count). The number of halogens is 1. The SMILES string of the molecule is Cn1cc(O[C@@H]2O[C@H](CO)[C@H](O)[C@H](O)[C@H]2O)c2ccc(Br)cc21. The molecule has 0 unspecified atom stereocenters. The van der Waals surface area contributed by atoms with Crippen LogP contribution in [-0.4, -0.2) is 62.3 Å². The number of rotatable bonds is 3. The third-order valence-electron chi connectivity index (χ3n) is 4.01. The summed E-state index contributed by atoms with van der Waals surface area (Å²) < 4.78 is 13.8. The molecule has 1 aliphatic rings. The fourth-order valence-corrected chi connectivity index (χ4v) is 3.05. The molecule has 4 N–H and O–H groups in total. The average molecular weight is 388 g/mol. The summed E-state index contributed by atoms with van der Waals surface area (Å²) in [4.78, 5) is 0. The summed E-state index contributed by atoms with van der Waals surface area (Å²) in [7, 11) is 1.86. The first-order valence-corrected chi connectivity index (χ1v) is 7.93. The summed E-state index contributed by atoms with van der Waals surface area (Å²) in [6.45, 7) is -0.493. The zero-order valence-corrected chi connectivity index (χ0v) is 13.9. The van der Waals surface area contributed by atoms with Gasteiger partial charge in [0.2, 0.25) is 6.29 Å². The molecule has 1 aromatic carbocycles. The zero-order valence-electron chi connectivity index (χ0n) is 12.3. The van der Waals surface area contributed by atoms with E-state index in [1.165, 1.54) is 0 Å². The highest BCUT2D eigenvalue weighted by Gasteiger charge is 2.44. The van der Waals surface area contributed by atoms with Gasteiger partial charge in [-0.05, 0) is 18.2 Å². The van der Waals surface area contributed by atoms with E-state index in [1.54, 1.807) is 6.20 Å². The molecule has 1 fully saturated rings. The highest BCUT2D eigenvalue weighted by atomic mass is 79.9. The van der Waals surface area contributed by atoms with Gasteiger partial charge >= 0.3 is 0 Å². The molecule has 8 heteroatoms. The van der Waals surface area contributed by atoms with Crippen molar-refractivity contribution in [3.05, 3.63) is 28.9 Å². The van der Waals surface area contributed by atoms with Gasteiger partial charge in [-0.15, -0.1) is 0 Å². The van der Waals surface area contributed by atoms with E-state index >= 15 is 0 Å². The summed E-state index contributed by atoms with van der Waals surface area (Å²) in [6, 6.07) is 5.65. The number of ether oxygens (including phenoxy) is 2. The van der Waals surface area contributed by atoms with Gasteiger partial charge in [0.15, 0.2) is 0 Å². The molecule has 0 aliphatic carbocycles.